The lowest BCUT2D eigenvalue weighted by molar-refractivity contribution is 0.665. The molecule has 5 nitrogen and oxygen atoms in total. The molecular formula is C15H18BrN5. The molecule has 0 amide bonds. The number of rotatable bonds is 2. The summed E-state index contributed by atoms with van der Waals surface area (Å²) in [6.07, 6.45) is 10.5. The van der Waals surface area contributed by atoms with Crippen molar-refractivity contribution in [2.75, 3.05) is 11.4 Å². The fourth-order valence-electron chi connectivity index (χ4n) is 3.46. The molecule has 6 heteroatoms. The van der Waals surface area contributed by atoms with Gasteiger partial charge >= 0.3 is 0 Å². The van der Waals surface area contributed by atoms with Crippen LogP contribution in [0.5, 0.6) is 0 Å². The van der Waals surface area contributed by atoms with Crippen LogP contribution >= 0.6 is 15.9 Å². The van der Waals surface area contributed by atoms with Crippen molar-refractivity contribution in [3.05, 3.63) is 34.2 Å². The van der Waals surface area contributed by atoms with Crippen LogP contribution in [-0.4, -0.2) is 26.5 Å². The lowest BCUT2D eigenvalue weighted by atomic mass is 10.0. The molecule has 1 saturated heterocycles. The fourth-order valence-corrected chi connectivity index (χ4v) is 3.90. The average molecular weight is 348 g/mol. The molecule has 0 saturated carbocycles. The molecule has 0 aromatic carbocycles. The molecule has 4 rings (SSSR count). The second kappa shape index (κ2) is 5.40. The minimum atomic E-state index is 0.307. The number of anilines is 1. The zero-order valence-electron chi connectivity index (χ0n) is 11.8. The van der Waals surface area contributed by atoms with Gasteiger partial charge < -0.3 is 9.88 Å². The van der Waals surface area contributed by atoms with Crippen LogP contribution in [0.25, 0.3) is 0 Å². The van der Waals surface area contributed by atoms with Crippen LogP contribution in [0.3, 0.4) is 0 Å². The van der Waals surface area contributed by atoms with Crippen molar-refractivity contribution in [3.63, 3.8) is 0 Å². The molecule has 1 aliphatic carbocycles. The number of aromatic nitrogens is 4. The summed E-state index contributed by atoms with van der Waals surface area (Å²) >= 11 is 3.57. The van der Waals surface area contributed by atoms with Gasteiger partial charge in [-0.3, -0.25) is 0 Å². The number of nitrogens with one attached hydrogen (secondary N) is 1. The first kappa shape index (κ1) is 13.2. The maximum Gasteiger partial charge on any atom is 0.146 e. The van der Waals surface area contributed by atoms with Crippen molar-refractivity contribution in [3.8, 4) is 0 Å². The first-order valence-electron chi connectivity index (χ1n) is 7.63. The van der Waals surface area contributed by atoms with Crippen LogP contribution in [0.1, 0.15) is 48.9 Å². The van der Waals surface area contributed by atoms with Gasteiger partial charge in [-0.15, -0.1) is 0 Å². The molecule has 0 spiro atoms. The number of aryl methyl sites for hydroxylation is 2. The Balaban J connectivity index is 1.67. The highest BCUT2D eigenvalue weighted by Gasteiger charge is 2.31. The highest BCUT2D eigenvalue weighted by molar-refractivity contribution is 9.10. The monoisotopic (exact) mass is 347 g/mol. The van der Waals surface area contributed by atoms with Crippen molar-refractivity contribution in [1.82, 2.24) is 19.9 Å². The molecule has 110 valence electrons. The van der Waals surface area contributed by atoms with Crippen LogP contribution < -0.4 is 4.90 Å². The van der Waals surface area contributed by atoms with Crippen molar-refractivity contribution in [1.29, 1.82) is 0 Å². The number of fused-ring (bicyclic) bond motifs is 1. The third-order valence-corrected chi connectivity index (χ3v) is 5.02. The van der Waals surface area contributed by atoms with Gasteiger partial charge in [0.15, 0.2) is 0 Å². The van der Waals surface area contributed by atoms with E-state index in [-0.39, 0.29) is 0 Å². The molecule has 0 radical (unpaired) electrons. The summed E-state index contributed by atoms with van der Waals surface area (Å²) in [5.41, 5.74) is 2.63. The second-order valence-electron chi connectivity index (χ2n) is 5.80. The Hall–Kier alpha value is -1.43. The van der Waals surface area contributed by atoms with E-state index >= 15 is 0 Å². The smallest absolute Gasteiger partial charge is 0.146 e. The third kappa shape index (κ3) is 2.35. The summed E-state index contributed by atoms with van der Waals surface area (Å²) < 4.78 is 0.952. The molecule has 1 aliphatic heterocycles. The number of nitrogens with zero attached hydrogens (tertiary/aromatic N) is 4. The molecule has 21 heavy (non-hydrogen) atoms. The van der Waals surface area contributed by atoms with E-state index in [1.54, 1.807) is 6.33 Å². The molecule has 2 aromatic heterocycles. The van der Waals surface area contributed by atoms with E-state index in [4.69, 9.17) is 4.98 Å². The van der Waals surface area contributed by atoms with Crippen LogP contribution in [0.2, 0.25) is 0 Å². The first-order chi connectivity index (χ1) is 10.3. The van der Waals surface area contributed by atoms with Gasteiger partial charge in [0.25, 0.3) is 0 Å². The minimum Gasteiger partial charge on any atom is -0.345 e. The Kier molecular flexibility index (Phi) is 3.41. The quantitative estimate of drug-likeness (QED) is 0.906. The Morgan fingerprint density at radius 2 is 2.14 bits per heavy atom. The largest absolute Gasteiger partial charge is 0.345 e. The van der Waals surface area contributed by atoms with Crippen molar-refractivity contribution in [2.45, 2.75) is 44.6 Å². The predicted molar refractivity (Wildman–Crippen MR) is 84.3 cm³/mol. The van der Waals surface area contributed by atoms with Gasteiger partial charge in [-0.1, -0.05) is 0 Å². The standard InChI is InChI=1S/C15H18BrN5/c16-10-8-17-9-18-15(10)21-7-3-6-13(21)14-19-11-4-1-2-5-12(11)20-14/h8-9,13H,1-7H2,(H,19,20). The fraction of sp³-hybridized carbons (Fsp3) is 0.533. The van der Waals surface area contributed by atoms with E-state index in [1.807, 2.05) is 6.20 Å². The van der Waals surface area contributed by atoms with Crippen LogP contribution in [0.15, 0.2) is 17.0 Å². The Morgan fingerprint density at radius 3 is 3.00 bits per heavy atom. The summed E-state index contributed by atoms with van der Waals surface area (Å²) in [5, 5.41) is 0. The molecule has 3 heterocycles. The SMILES string of the molecule is Brc1cncnc1N1CCCC1c1nc2c([nH]1)CCCC2. The van der Waals surface area contributed by atoms with E-state index in [9.17, 15) is 0 Å². The van der Waals surface area contributed by atoms with Gasteiger partial charge in [0, 0.05) is 18.4 Å². The van der Waals surface area contributed by atoms with Crippen molar-refractivity contribution >= 4 is 21.7 Å². The number of hydrogen-bond donors (Lipinski definition) is 1. The summed E-state index contributed by atoms with van der Waals surface area (Å²) in [6, 6.07) is 0.307. The maximum atomic E-state index is 4.88. The zero-order chi connectivity index (χ0) is 14.2. The topological polar surface area (TPSA) is 57.7 Å². The summed E-state index contributed by atoms with van der Waals surface area (Å²) in [5.74, 6) is 2.09. The van der Waals surface area contributed by atoms with E-state index in [1.165, 1.54) is 30.7 Å². The number of aromatic amines is 1. The number of halogens is 1. The lowest BCUT2D eigenvalue weighted by Gasteiger charge is -2.24. The number of H-pyrrole nitrogens is 1. The minimum absolute atomic E-state index is 0.307. The van der Waals surface area contributed by atoms with Gasteiger partial charge in [0.05, 0.1) is 16.2 Å². The van der Waals surface area contributed by atoms with E-state index in [0.717, 1.165) is 41.9 Å². The van der Waals surface area contributed by atoms with E-state index in [2.05, 4.69) is 35.8 Å². The molecule has 2 aliphatic rings. The number of imidazole rings is 1. The summed E-state index contributed by atoms with van der Waals surface area (Å²) in [7, 11) is 0. The van der Waals surface area contributed by atoms with E-state index in [0.29, 0.717) is 6.04 Å². The van der Waals surface area contributed by atoms with Crippen LogP contribution in [0.4, 0.5) is 5.82 Å². The zero-order valence-corrected chi connectivity index (χ0v) is 13.4. The Morgan fingerprint density at radius 1 is 1.24 bits per heavy atom. The van der Waals surface area contributed by atoms with Gasteiger partial charge in [0.2, 0.25) is 0 Å². The lowest BCUT2D eigenvalue weighted by Crippen LogP contribution is -2.25. The summed E-state index contributed by atoms with van der Waals surface area (Å²) in [6.45, 7) is 1.02. The molecule has 1 fully saturated rings. The van der Waals surface area contributed by atoms with Crippen molar-refractivity contribution < 1.29 is 0 Å². The molecule has 1 atom stereocenters. The highest BCUT2D eigenvalue weighted by atomic mass is 79.9. The molecule has 1 N–H and O–H groups in total. The first-order valence-corrected chi connectivity index (χ1v) is 8.42. The average Bonchev–Trinajstić information content (AvgIpc) is 3.13. The normalized spacial score (nSPS) is 21.6. The molecule has 0 bridgehead atoms. The second-order valence-corrected chi connectivity index (χ2v) is 6.65. The Labute approximate surface area is 132 Å². The van der Waals surface area contributed by atoms with Crippen LogP contribution in [-0.2, 0) is 12.8 Å². The predicted octanol–water partition coefficient (Wildman–Crippen LogP) is 3.18. The van der Waals surface area contributed by atoms with Crippen LogP contribution in [0, 0.1) is 0 Å². The van der Waals surface area contributed by atoms with Gasteiger partial charge in [-0.25, -0.2) is 15.0 Å². The summed E-state index contributed by atoms with van der Waals surface area (Å²) in [4.78, 5) is 19.3. The number of hydrogen-bond acceptors (Lipinski definition) is 4. The third-order valence-electron chi connectivity index (χ3n) is 4.46. The molecule has 2 aromatic rings. The maximum absolute atomic E-state index is 4.88. The van der Waals surface area contributed by atoms with Gasteiger partial charge in [-0.05, 0) is 54.5 Å². The molecule has 1 unspecified atom stereocenters. The Bertz CT molecular complexity index is 630. The van der Waals surface area contributed by atoms with Gasteiger partial charge in [-0.2, -0.15) is 0 Å². The van der Waals surface area contributed by atoms with E-state index < -0.39 is 0 Å². The van der Waals surface area contributed by atoms with Crippen molar-refractivity contribution in [2.24, 2.45) is 0 Å². The highest BCUT2D eigenvalue weighted by Crippen LogP contribution is 2.37. The van der Waals surface area contributed by atoms with Gasteiger partial charge in [0.1, 0.15) is 18.0 Å². The molecular weight excluding hydrogens is 330 g/mol.